The minimum Gasteiger partial charge on any atom is -0.495 e. The van der Waals surface area contributed by atoms with Gasteiger partial charge in [-0.15, -0.1) is 12.4 Å². The summed E-state index contributed by atoms with van der Waals surface area (Å²) in [5.41, 5.74) is 6.15. The predicted octanol–water partition coefficient (Wildman–Crippen LogP) is 6.14. The third-order valence-electron chi connectivity index (χ3n) is 8.34. The third kappa shape index (κ3) is 6.34. The van der Waals surface area contributed by atoms with E-state index in [0.717, 1.165) is 59.9 Å². The summed E-state index contributed by atoms with van der Waals surface area (Å²) < 4.78 is 50.5. The molecule has 0 bridgehead atoms. The van der Waals surface area contributed by atoms with Crippen LogP contribution in [0.3, 0.4) is 0 Å². The molecule has 0 spiro atoms. The van der Waals surface area contributed by atoms with Crippen LogP contribution in [-0.2, 0) is 16.6 Å². The van der Waals surface area contributed by atoms with Crippen LogP contribution < -0.4 is 15.0 Å². The highest BCUT2D eigenvalue weighted by atomic mass is 35.5. The maximum Gasteiger partial charge on any atom is 0.269 e. The number of rotatable bonds is 8. The summed E-state index contributed by atoms with van der Waals surface area (Å²) in [6.45, 7) is 5.88. The number of aromatic nitrogens is 4. The summed E-state index contributed by atoms with van der Waals surface area (Å²) >= 11 is 0. The van der Waals surface area contributed by atoms with Crippen molar-refractivity contribution in [1.29, 1.82) is 0 Å². The van der Waals surface area contributed by atoms with E-state index in [9.17, 15) is 12.8 Å². The molecule has 1 aliphatic rings. The van der Waals surface area contributed by atoms with E-state index >= 15 is 0 Å². The van der Waals surface area contributed by atoms with Crippen LogP contribution in [0.2, 0.25) is 0 Å². The number of anilines is 1. The molecule has 242 valence electrons. The molecule has 0 aliphatic carbocycles. The predicted molar refractivity (Wildman–Crippen MR) is 185 cm³/mol. The average Bonchev–Trinajstić information content (AvgIpc) is 3.69. The van der Waals surface area contributed by atoms with E-state index < -0.39 is 10.0 Å². The number of hydrogen-bond acceptors (Lipinski definition) is 7. The summed E-state index contributed by atoms with van der Waals surface area (Å²) in [5, 5.41) is 8.55. The molecule has 0 saturated carbocycles. The van der Waals surface area contributed by atoms with Crippen molar-refractivity contribution in [3.8, 4) is 28.0 Å². The van der Waals surface area contributed by atoms with Gasteiger partial charge in [-0.1, -0.05) is 35.9 Å². The van der Waals surface area contributed by atoms with E-state index in [0.29, 0.717) is 28.7 Å². The van der Waals surface area contributed by atoms with Gasteiger partial charge in [0, 0.05) is 66.8 Å². The maximum absolute atomic E-state index is 13.9. The zero-order chi connectivity index (χ0) is 31.8. The molecule has 4 heterocycles. The number of benzene rings is 3. The van der Waals surface area contributed by atoms with Gasteiger partial charge < -0.3 is 15.0 Å². The Hall–Kier alpha value is -4.71. The molecule has 7 rings (SSSR count). The first-order valence-electron chi connectivity index (χ1n) is 15.0. The van der Waals surface area contributed by atoms with Crippen LogP contribution >= 0.6 is 12.4 Å². The van der Waals surface area contributed by atoms with Crippen LogP contribution in [0.15, 0.2) is 102 Å². The van der Waals surface area contributed by atoms with E-state index in [1.165, 1.54) is 16.1 Å². The largest absolute Gasteiger partial charge is 0.495 e. The fraction of sp³-hybridized carbons (Fsp3) is 0.200. The van der Waals surface area contributed by atoms with Gasteiger partial charge in [0.25, 0.3) is 10.0 Å². The first kappa shape index (κ1) is 32.2. The van der Waals surface area contributed by atoms with Gasteiger partial charge in [0.15, 0.2) is 5.65 Å². The molecule has 6 aromatic rings. The van der Waals surface area contributed by atoms with Crippen molar-refractivity contribution in [1.82, 2.24) is 24.1 Å². The fourth-order valence-electron chi connectivity index (χ4n) is 5.91. The summed E-state index contributed by atoms with van der Waals surface area (Å²) in [6.07, 6.45) is 6.82. The number of ether oxygens (including phenoxy) is 1. The van der Waals surface area contributed by atoms with Crippen molar-refractivity contribution in [2.24, 2.45) is 0 Å². The molecule has 0 unspecified atom stereocenters. The van der Waals surface area contributed by atoms with E-state index in [4.69, 9.17) is 9.72 Å². The lowest BCUT2D eigenvalue weighted by molar-refractivity contribution is 0.413. The third-order valence-corrected chi connectivity index (χ3v) is 10.0. The van der Waals surface area contributed by atoms with Crippen molar-refractivity contribution < 1.29 is 17.5 Å². The van der Waals surface area contributed by atoms with Gasteiger partial charge in [-0.2, -0.15) is 5.10 Å². The lowest BCUT2D eigenvalue weighted by atomic mass is 10.0. The maximum atomic E-state index is 13.9. The minimum absolute atomic E-state index is 0. The molecular formula is C35H34ClFN6O3S. The number of nitrogens with zero attached hydrogens (tertiary/aromatic N) is 5. The molecule has 1 saturated heterocycles. The molecule has 1 fully saturated rings. The number of halogens is 2. The number of hydrogen-bond donors (Lipinski definition) is 1. The van der Waals surface area contributed by atoms with Gasteiger partial charge in [-0.3, -0.25) is 4.68 Å². The van der Waals surface area contributed by atoms with Crippen molar-refractivity contribution >= 4 is 39.2 Å². The molecule has 1 N–H and O–H groups in total. The molecule has 0 amide bonds. The second-order valence-corrected chi connectivity index (χ2v) is 13.2. The van der Waals surface area contributed by atoms with Crippen molar-refractivity contribution in [2.75, 3.05) is 38.2 Å². The first-order valence-corrected chi connectivity index (χ1v) is 16.5. The quantitative estimate of drug-likeness (QED) is 0.208. The lowest BCUT2D eigenvalue weighted by Gasteiger charge is -2.30. The number of aryl methyl sites for hydroxylation is 1. The number of fused-ring (bicyclic) bond motifs is 1. The Morgan fingerprint density at radius 1 is 0.915 bits per heavy atom. The smallest absolute Gasteiger partial charge is 0.269 e. The molecular weight excluding hydrogens is 639 g/mol. The first-order chi connectivity index (χ1) is 22.3. The SMILES string of the molecule is COc1cc(-c2cnc3c(c2)c(-c2cnn(Cc4cccc(F)c4)c2)cn3S(=O)(=O)c2ccc(C)cc2)ccc1N1CCNCC1.Cl. The zero-order valence-electron chi connectivity index (χ0n) is 25.9. The Kier molecular flexibility index (Phi) is 9.05. The molecule has 1 aliphatic heterocycles. The summed E-state index contributed by atoms with van der Waals surface area (Å²) in [7, 11) is -2.30. The summed E-state index contributed by atoms with van der Waals surface area (Å²) in [6, 6.07) is 21.2. The van der Waals surface area contributed by atoms with Crippen molar-refractivity contribution in [2.45, 2.75) is 18.4 Å². The van der Waals surface area contributed by atoms with Crippen molar-refractivity contribution in [3.63, 3.8) is 0 Å². The van der Waals surface area contributed by atoms with Crippen LogP contribution in [0, 0.1) is 12.7 Å². The van der Waals surface area contributed by atoms with Crippen molar-refractivity contribution in [3.05, 3.63) is 115 Å². The van der Waals surface area contributed by atoms with Crippen LogP contribution in [0.4, 0.5) is 10.1 Å². The molecule has 9 nitrogen and oxygen atoms in total. The fourth-order valence-corrected chi connectivity index (χ4v) is 7.23. The van der Waals surface area contributed by atoms with Gasteiger partial charge in [0.05, 0.1) is 30.4 Å². The van der Waals surface area contributed by atoms with E-state index in [1.807, 2.05) is 37.4 Å². The van der Waals surface area contributed by atoms with Gasteiger partial charge in [-0.05, 0) is 60.5 Å². The Morgan fingerprint density at radius 3 is 2.45 bits per heavy atom. The number of methoxy groups -OCH3 is 1. The van der Waals surface area contributed by atoms with Gasteiger partial charge >= 0.3 is 0 Å². The van der Waals surface area contributed by atoms with Gasteiger partial charge in [0.2, 0.25) is 0 Å². The van der Waals surface area contributed by atoms with Crippen LogP contribution in [0.25, 0.3) is 33.3 Å². The highest BCUT2D eigenvalue weighted by Crippen LogP contribution is 2.37. The summed E-state index contributed by atoms with van der Waals surface area (Å²) in [4.78, 5) is 7.19. The summed E-state index contributed by atoms with van der Waals surface area (Å²) in [5.74, 6) is 0.448. The molecule has 12 heteroatoms. The molecule has 3 aromatic carbocycles. The van der Waals surface area contributed by atoms with Crippen LogP contribution in [0.1, 0.15) is 11.1 Å². The second-order valence-electron chi connectivity index (χ2n) is 11.4. The monoisotopic (exact) mass is 672 g/mol. The number of nitrogens with one attached hydrogen (secondary N) is 1. The molecule has 47 heavy (non-hydrogen) atoms. The minimum atomic E-state index is -3.97. The topological polar surface area (TPSA) is 94.3 Å². The Labute approximate surface area is 279 Å². The van der Waals surface area contributed by atoms with E-state index in [1.54, 1.807) is 60.7 Å². The van der Waals surface area contributed by atoms with Crippen LogP contribution in [0.5, 0.6) is 5.75 Å². The molecule has 3 aromatic heterocycles. The highest BCUT2D eigenvalue weighted by molar-refractivity contribution is 7.90. The number of piperazine rings is 1. The van der Waals surface area contributed by atoms with Gasteiger partial charge in [-0.25, -0.2) is 21.8 Å². The molecule has 0 radical (unpaired) electrons. The van der Waals surface area contributed by atoms with Crippen LogP contribution in [-0.4, -0.2) is 60.4 Å². The lowest BCUT2D eigenvalue weighted by Crippen LogP contribution is -2.43. The zero-order valence-corrected chi connectivity index (χ0v) is 27.6. The highest BCUT2D eigenvalue weighted by Gasteiger charge is 2.24. The Morgan fingerprint density at radius 2 is 1.70 bits per heavy atom. The number of pyridine rings is 1. The normalized spacial score (nSPS) is 13.5. The standard InChI is InChI=1S/C35H33FN6O3S.ClH/c1-24-6-9-30(10-7-24)46(43,44)42-23-32(28-20-39-41(22-28)21-25-4-3-5-29(36)16-25)31-17-27(19-38-35(31)42)26-8-11-33(34(18-26)45-2)40-14-12-37-13-15-40;/h3-11,16-20,22-23,37H,12-15,21H2,1-2H3;1H. The molecule has 0 atom stereocenters. The van der Waals surface area contributed by atoms with Gasteiger partial charge in [0.1, 0.15) is 11.6 Å². The Balaban J connectivity index is 0.00000386. The second kappa shape index (κ2) is 13.2. The Bertz CT molecular complexity index is 2160. The van der Waals surface area contributed by atoms with E-state index in [2.05, 4.69) is 21.4 Å². The van der Waals surface area contributed by atoms with E-state index in [-0.39, 0.29) is 23.1 Å². The average molecular weight is 673 g/mol.